The van der Waals surface area contributed by atoms with Crippen LogP contribution < -0.4 is 9.47 Å². The van der Waals surface area contributed by atoms with Gasteiger partial charge in [-0.1, -0.05) is 30.3 Å². The summed E-state index contributed by atoms with van der Waals surface area (Å²) in [4.78, 5) is 11.0. The molecule has 0 saturated carbocycles. The van der Waals surface area contributed by atoms with E-state index in [-0.39, 0.29) is 6.10 Å². The monoisotopic (exact) mass is 298 g/mol. The van der Waals surface area contributed by atoms with Gasteiger partial charge in [0.2, 0.25) is 0 Å². The van der Waals surface area contributed by atoms with Crippen molar-refractivity contribution in [1.29, 1.82) is 0 Å². The number of benzene rings is 2. The molecule has 0 N–H and O–H groups in total. The van der Waals surface area contributed by atoms with E-state index in [0.29, 0.717) is 36.9 Å². The molecule has 1 fully saturated rings. The first-order valence-electron chi connectivity index (χ1n) is 7.27. The second-order valence-corrected chi connectivity index (χ2v) is 5.33. The van der Waals surface area contributed by atoms with E-state index in [1.54, 1.807) is 12.1 Å². The molecular formula is C18H18O4. The molecule has 4 nitrogen and oxygen atoms in total. The predicted octanol–water partition coefficient (Wildman–Crippen LogP) is 3.16. The summed E-state index contributed by atoms with van der Waals surface area (Å²) in [5.41, 5.74) is 2.55. The van der Waals surface area contributed by atoms with Crippen molar-refractivity contribution in [3.8, 4) is 11.5 Å². The molecule has 0 aliphatic carbocycles. The van der Waals surface area contributed by atoms with Crippen LogP contribution in [0.5, 0.6) is 11.5 Å². The Morgan fingerprint density at radius 2 is 2.00 bits per heavy atom. The third-order valence-electron chi connectivity index (χ3n) is 3.53. The summed E-state index contributed by atoms with van der Waals surface area (Å²) in [6.07, 6.45) is 0.846. The fraction of sp³-hybridized carbons (Fsp3) is 0.278. The van der Waals surface area contributed by atoms with Crippen LogP contribution in [0.25, 0.3) is 0 Å². The van der Waals surface area contributed by atoms with Crippen LogP contribution in [0.4, 0.5) is 0 Å². The second-order valence-electron chi connectivity index (χ2n) is 5.33. The third kappa shape index (κ3) is 3.28. The number of aldehydes is 1. The van der Waals surface area contributed by atoms with Gasteiger partial charge in [0.05, 0.1) is 13.2 Å². The van der Waals surface area contributed by atoms with Crippen molar-refractivity contribution in [1.82, 2.24) is 0 Å². The lowest BCUT2D eigenvalue weighted by molar-refractivity contribution is -0.0805. The fourth-order valence-corrected chi connectivity index (χ4v) is 2.30. The molecule has 0 aromatic heterocycles. The van der Waals surface area contributed by atoms with Crippen LogP contribution in [-0.4, -0.2) is 25.6 Å². The van der Waals surface area contributed by atoms with Gasteiger partial charge in [0, 0.05) is 5.56 Å². The Labute approximate surface area is 129 Å². The summed E-state index contributed by atoms with van der Waals surface area (Å²) in [5, 5.41) is 0. The lowest BCUT2D eigenvalue weighted by Crippen LogP contribution is -2.38. The highest BCUT2D eigenvalue weighted by atomic mass is 16.6. The normalized spacial score (nSPS) is 14.2. The minimum absolute atomic E-state index is 0.0281. The molecule has 22 heavy (non-hydrogen) atoms. The average molecular weight is 298 g/mol. The first-order chi connectivity index (χ1) is 10.8. The molecule has 0 bridgehead atoms. The Bertz CT molecular complexity index is 648. The van der Waals surface area contributed by atoms with E-state index in [4.69, 9.17) is 14.2 Å². The van der Waals surface area contributed by atoms with Crippen LogP contribution >= 0.6 is 0 Å². The summed E-state index contributed by atoms with van der Waals surface area (Å²) in [6, 6.07) is 13.5. The zero-order valence-corrected chi connectivity index (χ0v) is 12.5. The molecule has 1 aliphatic heterocycles. The number of hydrogen-bond donors (Lipinski definition) is 0. The molecule has 3 rings (SSSR count). The number of carbonyl (C=O) groups excluding carboxylic acids is 1. The van der Waals surface area contributed by atoms with Crippen LogP contribution in [0.3, 0.4) is 0 Å². The van der Waals surface area contributed by atoms with E-state index in [1.165, 1.54) is 0 Å². The maximum Gasteiger partial charge on any atom is 0.164 e. The highest BCUT2D eigenvalue weighted by Crippen LogP contribution is 2.34. The molecular weight excluding hydrogens is 280 g/mol. The lowest BCUT2D eigenvalue weighted by atomic mass is 10.1. The quantitative estimate of drug-likeness (QED) is 0.768. The van der Waals surface area contributed by atoms with Crippen molar-refractivity contribution < 1.29 is 19.0 Å². The fourth-order valence-electron chi connectivity index (χ4n) is 2.30. The van der Waals surface area contributed by atoms with Gasteiger partial charge in [-0.05, 0) is 30.2 Å². The lowest BCUT2D eigenvalue weighted by Gasteiger charge is -2.28. The average Bonchev–Trinajstić information content (AvgIpc) is 2.50. The zero-order valence-electron chi connectivity index (χ0n) is 12.5. The molecule has 0 spiro atoms. The van der Waals surface area contributed by atoms with Crippen molar-refractivity contribution in [3.63, 3.8) is 0 Å². The molecule has 0 amide bonds. The summed E-state index contributed by atoms with van der Waals surface area (Å²) in [6.45, 7) is 3.52. The molecule has 1 aliphatic rings. The molecule has 0 atom stereocenters. The van der Waals surface area contributed by atoms with Gasteiger partial charge >= 0.3 is 0 Å². The van der Waals surface area contributed by atoms with Gasteiger partial charge in [-0.2, -0.15) is 0 Å². The van der Waals surface area contributed by atoms with Gasteiger partial charge in [-0.25, -0.2) is 0 Å². The van der Waals surface area contributed by atoms with Crippen LogP contribution in [0.2, 0.25) is 0 Å². The van der Waals surface area contributed by atoms with Gasteiger partial charge in [0.25, 0.3) is 0 Å². The standard InChI is InChI=1S/C18H18O4/c1-13-7-15(9-19)8-17(22-16-11-20-12-16)18(13)21-10-14-5-3-2-4-6-14/h2-9,16H,10-12H2,1H3. The first kappa shape index (κ1) is 14.6. The van der Waals surface area contributed by atoms with E-state index >= 15 is 0 Å². The first-order valence-corrected chi connectivity index (χ1v) is 7.27. The smallest absolute Gasteiger partial charge is 0.164 e. The largest absolute Gasteiger partial charge is 0.485 e. The molecule has 4 heteroatoms. The minimum Gasteiger partial charge on any atom is -0.485 e. The van der Waals surface area contributed by atoms with Crippen LogP contribution in [-0.2, 0) is 11.3 Å². The van der Waals surface area contributed by atoms with E-state index in [1.807, 2.05) is 37.3 Å². The molecule has 114 valence electrons. The zero-order chi connectivity index (χ0) is 15.4. The van der Waals surface area contributed by atoms with Gasteiger partial charge in [-0.3, -0.25) is 4.79 Å². The van der Waals surface area contributed by atoms with E-state index in [9.17, 15) is 4.79 Å². The topological polar surface area (TPSA) is 44.8 Å². The molecule has 0 unspecified atom stereocenters. The van der Waals surface area contributed by atoms with Crippen molar-refractivity contribution in [2.75, 3.05) is 13.2 Å². The number of ether oxygens (including phenoxy) is 3. The SMILES string of the molecule is Cc1cc(C=O)cc(OC2COC2)c1OCc1ccccc1. The van der Waals surface area contributed by atoms with E-state index in [0.717, 1.165) is 17.4 Å². The maximum atomic E-state index is 11.0. The molecule has 0 radical (unpaired) electrons. The number of carbonyl (C=O) groups is 1. The molecule has 2 aromatic carbocycles. The highest BCUT2D eigenvalue weighted by Gasteiger charge is 2.23. The number of hydrogen-bond acceptors (Lipinski definition) is 4. The van der Waals surface area contributed by atoms with Crippen molar-refractivity contribution in [2.45, 2.75) is 19.6 Å². The summed E-state index contributed by atoms with van der Waals surface area (Å²) >= 11 is 0. The summed E-state index contributed by atoms with van der Waals surface area (Å²) in [5.74, 6) is 1.28. The summed E-state index contributed by atoms with van der Waals surface area (Å²) in [7, 11) is 0. The van der Waals surface area contributed by atoms with E-state index in [2.05, 4.69) is 0 Å². The van der Waals surface area contributed by atoms with Crippen molar-refractivity contribution in [3.05, 3.63) is 59.2 Å². The van der Waals surface area contributed by atoms with E-state index < -0.39 is 0 Å². The van der Waals surface area contributed by atoms with Crippen molar-refractivity contribution >= 4 is 6.29 Å². The Morgan fingerprint density at radius 3 is 2.64 bits per heavy atom. The maximum absolute atomic E-state index is 11.0. The molecule has 2 aromatic rings. The van der Waals surface area contributed by atoms with Gasteiger partial charge in [0.1, 0.15) is 19.0 Å². The Hall–Kier alpha value is -2.33. The highest BCUT2D eigenvalue weighted by molar-refractivity contribution is 5.77. The van der Waals surface area contributed by atoms with Crippen molar-refractivity contribution in [2.24, 2.45) is 0 Å². The van der Waals surface area contributed by atoms with Gasteiger partial charge in [-0.15, -0.1) is 0 Å². The summed E-state index contributed by atoms with van der Waals surface area (Å²) < 4.78 is 17.0. The van der Waals surface area contributed by atoms with Crippen LogP contribution in [0.1, 0.15) is 21.5 Å². The Kier molecular flexibility index (Phi) is 4.39. The van der Waals surface area contributed by atoms with Gasteiger partial charge < -0.3 is 14.2 Å². The number of rotatable bonds is 6. The number of aryl methyl sites for hydroxylation is 1. The predicted molar refractivity (Wildman–Crippen MR) is 82.6 cm³/mol. The third-order valence-corrected chi connectivity index (χ3v) is 3.53. The minimum atomic E-state index is 0.0281. The molecule has 1 saturated heterocycles. The molecule has 1 heterocycles. The Morgan fingerprint density at radius 1 is 1.23 bits per heavy atom. The van der Waals surface area contributed by atoms with Crippen LogP contribution in [0, 0.1) is 6.92 Å². The second kappa shape index (κ2) is 6.62. The Balaban J connectivity index is 1.82. The van der Waals surface area contributed by atoms with Crippen LogP contribution in [0.15, 0.2) is 42.5 Å². The van der Waals surface area contributed by atoms with Gasteiger partial charge in [0.15, 0.2) is 11.5 Å².